The van der Waals surface area contributed by atoms with E-state index in [1.165, 1.54) is 44.9 Å². The second-order valence-corrected chi connectivity index (χ2v) is 5.87. The third-order valence-corrected chi connectivity index (χ3v) is 4.70. The Balaban J connectivity index is 1.78. The smallest absolute Gasteiger partial charge is 0.288 e. The van der Waals surface area contributed by atoms with Crippen LogP contribution in [-0.4, -0.2) is 35.2 Å². The molecule has 2 fully saturated rings. The van der Waals surface area contributed by atoms with Crippen molar-refractivity contribution in [3.05, 3.63) is 0 Å². The molecule has 2 heterocycles. The lowest BCUT2D eigenvalue weighted by molar-refractivity contribution is 0.152. The summed E-state index contributed by atoms with van der Waals surface area (Å²) in [5, 5.41) is 0. The van der Waals surface area contributed by atoms with Crippen molar-refractivity contribution < 1.29 is 4.74 Å². The number of nitrogens with zero attached hydrogens (tertiary/aromatic N) is 2. The molecule has 0 radical (unpaired) electrons. The first-order valence-corrected chi connectivity index (χ1v) is 7.30. The first-order chi connectivity index (χ1) is 8.27. The third kappa shape index (κ3) is 1.94. The molecule has 96 valence electrons. The van der Waals surface area contributed by atoms with Crippen molar-refractivity contribution in [1.29, 1.82) is 0 Å². The van der Waals surface area contributed by atoms with Gasteiger partial charge in [-0.25, -0.2) is 4.99 Å². The first kappa shape index (κ1) is 11.4. The second kappa shape index (κ2) is 4.51. The molecule has 1 saturated carbocycles. The van der Waals surface area contributed by atoms with Gasteiger partial charge in [-0.1, -0.05) is 25.7 Å². The van der Waals surface area contributed by atoms with Gasteiger partial charge in [-0.15, -0.1) is 0 Å². The van der Waals surface area contributed by atoms with Crippen LogP contribution < -0.4 is 0 Å². The Hall–Kier alpha value is -0.730. The van der Waals surface area contributed by atoms with Crippen molar-refractivity contribution in [1.82, 2.24) is 4.90 Å². The molecule has 1 saturated heterocycles. The Morgan fingerprint density at radius 3 is 2.59 bits per heavy atom. The van der Waals surface area contributed by atoms with Crippen molar-refractivity contribution in [2.45, 2.75) is 83.0 Å². The third-order valence-electron chi connectivity index (χ3n) is 4.70. The molecular formula is C14H24N2O. The molecule has 2 aliphatic heterocycles. The molecular weight excluding hydrogens is 212 g/mol. The first-order valence-electron chi connectivity index (χ1n) is 7.30. The average Bonchev–Trinajstić information content (AvgIpc) is 2.79. The molecule has 0 aromatic heterocycles. The number of amidine groups is 1. The molecule has 4 unspecified atom stereocenters. The summed E-state index contributed by atoms with van der Waals surface area (Å²) in [7, 11) is 0. The summed E-state index contributed by atoms with van der Waals surface area (Å²) >= 11 is 0. The fourth-order valence-corrected chi connectivity index (χ4v) is 3.49. The van der Waals surface area contributed by atoms with Gasteiger partial charge in [0.1, 0.15) is 6.10 Å². The molecule has 3 nitrogen and oxygen atoms in total. The van der Waals surface area contributed by atoms with E-state index in [1.807, 2.05) is 0 Å². The summed E-state index contributed by atoms with van der Waals surface area (Å²) in [5.74, 6) is 0. The van der Waals surface area contributed by atoms with Gasteiger partial charge in [0.15, 0.2) is 0 Å². The summed E-state index contributed by atoms with van der Waals surface area (Å²) in [5.41, 5.74) is 0. The van der Waals surface area contributed by atoms with Crippen LogP contribution in [0.2, 0.25) is 0 Å². The van der Waals surface area contributed by atoms with Crippen LogP contribution >= 0.6 is 0 Å². The van der Waals surface area contributed by atoms with Gasteiger partial charge >= 0.3 is 0 Å². The summed E-state index contributed by atoms with van der Waals surface area (Å²) in [6, 6.07) is 2.48. The van der Waals surface area contributed by atoms with Gasteiger partial charge in [0.25, 0.3) is 6.02 Å². The molecule has 0 bridgehead atoms. The van der Waals surface area contributed by atoms with Crippen LogP contribution in [0.3, 0.4) is 0 Å². The van der Waals surface area contributed by atoms with Crippen LogP contribution in [0.5, 0.6) is 0 Å². The van der Waals surface area contributed by atoms with Crippen molar-refractivity contribution in [3.8, 4) is 0 Å². The van der Waals surface area contributed by atoms with E-state index in [0.29, 0.717) is 24.2 Å². The van der Waals surface area contributed by atoms with E-state index >= 15 is 0 Å². The minimum absolute atomic E-state index is 0.401. The van der Waals surface area contributed by atoms with E-state index < -0.39 is 0 Å². The van der Waals surface area contributed by atoms with Gasteiger partial charge < -0.3 is 9.64 Å². The van der Waals surface area contributed by atoms with E-state index in [-0.39, 0.29) is 0 Å². The topological polar surface area (TPSA) is 24.8 Å². The fraction of sp³-hybridized carbons (Fsp3) is 0.929. The summed E-state index contributed by atoms with van der Waals surface area (Å²) in [6.07, 6.45) is 9.80. The molecule has 3 aliphatic rings. The summed E-state index contributed by atoms with van der Waals surface area (Å²) < 4.78 is 6.10. The van der Waals surface area contributed by atoms with Gasteiger partial charge in [-0.3, -0.25) is 0 Å². The number of ether oxygens (including phenoxy) is 1. The highest BCUT2D eigenvalue weighted by Gasteiger charge is 2.46. The van der Waals surface area contributed by atoms with Crippen LogP contribution in [0.1, 0.15) is 58.8 Å². The second-order valence-electron chi connectivity index (χ2n) is 5.87. The molecule has 0 amide bonds. The van der Waals surface area contributed by atoms with Gasteiger partial charge in [0.05, 0.1) is 18.1 Å². The molecule has 3 heteroatoms. The number of hydrogen-bond donors (Lipinski definition) is 0. The van der Waals surface area contributed by atoms with Crippen molar-refractivity contribution >= 4 is 6.02 Å². The van der Waals surface area contributed by atoms with E-state index in [9.17, 15) is 0 Å². The lowest BCUT2D eigenvalue weighted by atomic mass is 9.99. The van der Waals surface area contributed by atoms with Gasteiger partial charge in [0, 0.05) is 0 Å². The van der Waals surface area contributed by atoms with E-state index in [0.717, 1.165) is 6.02 Å². The van der Waals surface area contributed by atoms with E-state index in [2.05, 4.69) is 23.7 Å². The number of rotatable bonds is 0. The van der Waals surface area contributed by atoms with E-state index in [1.54, 1.807) is 0 Å². The SMILES string of the molecule is CC1N=C2OC3CCCCCCCC3N2C1C. The number of hydrogen-bond acceptors (Lipinski definition) is 3. The van der Waals surface area contributed by atoms with Crippen LogP contribution in [0.25, 0.3) is 0 Å². The Labute approximate surface area is 104 Å². The van der Waals surface area contributed by atoms with Gasteiger partial charge in [0.2, 0.25) is 0 Å². The van der Waals surface area contributed by atoms with Crippen molar-refractivity contribution in [3.63, 3.8) is 0 Å². The summed E-state index contributed by atoms with van der Waals surface area (Å²) in [6.45, 7) is 4.49. The molecule has 0 N–H and O–H groups in total. The average molecular weight is 236 g/mol. The molecule has 0 aromatic rings. The molecule has 4 atom stereocenters. The van der Waals surface area contributed by atoms with Crippen molar-refractivity contribution in [2.75, 3.05) is 0 Å². The Morgan fingerprint density at radius 2 is 1.76 bits per heavy atom. The minimum Gasteiger partial charge on any atom is -0.460 e. The highest BCUT2D eigenvalue weighted by molar-refractivity contribution is 5.79. The Morgan fingerprint density at radius 1 is 1.06 bits per heavy atom. The highest BCUT2D eigenvalue weighted by atomic mass is 16.5. The van der Waals surface area contributed by atoms with Gasteiger partial charge in [-0.05, 0) is 33.1 Å². The van der Waals surface area contributed by atoms with Gasteiger partial charge in [-0.2, -0.15) is 0 Å². The zero-order chi connectivity index (χ0) is 11.8. The van der Waals surface area contributed by atoms with E-state index in [4.69, 9.17) is 4.74 Å². The van der Waals surface area contributed by atoms with Crippen LogP contribution in [-0.2, 0) is 4.74 Å². The largest absolute Gasteiger partial charge is 0.460 e. The predicted octanol–water partition coefficient (Wildman–Crippen LogP) is 2.95. The normalized spacial score (nSPS) is 41.8. The zero-order valence-electron chi connectivity index (χ0n) is 11.1. The standard InChI is InChI=1S/C14H24N2O/c1-10-11(2)16-12-8-6-4-3-5-7-9-13(12)17-14(16)15-10/h10-13H,3-9H2,1-2H3. The highest BCUT2D eigenvalue weighted by Crippen LogP contribution is 2.35. The molecule has 0 aromatic carbocycles. The molecule has 0 spiro atoms. The minimum atomic E-state index is 0.401. The molecule has 17 heavy (non-hydrogen) atoms. The van der Waals surface area contributed by atoms with Crippen LogP contribution in [0.15, 0.2) is 4.99 Å². The lowest BCUT2D eigenvalue weighted by Gasteiger charge is -2.28. The quantitative estimate of drug-likeness (QED) is 0.646. The maximum absolute atomic E-state index is 6.10. The van der Waals surface area contributed by atoms with Crippen LogP contribution in [0, 0.1) is 0 Å². The maximum Gasteiger partial charge on any atom is 0.288 e. The number of fused-ring (bicyclic) bond motifs is 3. The predicted molar refractivity (Wildman–Crippen MR) is 69.2 cm³/mol. The maximum atomic E-state index is 6.10. The Kier molecular flexibility index (Phi) is 3.01. The number of aliphatic imine (C=N–C) groups is 1. The van der Waals surface area contributed by atoms with Crippen molar-refractivity contribution in [2.24, 2.45) is 4.99 Å². The lowest BCUT2D eigenvalue weighted by Crippen LogP contribution is -2.42. The summed E-state index contributed by atoms with van der Waals surface area (Å²) in [4.78, 5) is 7.13. The fourth-order valence-electron chi connectivity index (χ4n) is 3.49. The monoisotopic (exact) mass is 236 g/mol. The zero-order valence-corrected chi connectivity index (χ0v) is 11.1. The molecule has 1 aliphatic carbocycles. The van der Waals surface area contributed by atoms with Crippen LogP contribution in [0.4, 0.5) is 0 Å². The Bertz CT molecular complexity index is 315. The molecule has 3 rings (SSSR count).